The zero-order valence-corrected chi connectivity index (χ0v) is 13.8. The van der Waals surface area contributed by atoms with Crippen molar-refractivity contribution < 1.29 is 19.4 Å². The minimum Gasteiger partial charge on any atom is -0.484 e. The van der Waals surface area contributed by atoms with Crippen LogP contribution < -0.4 is 4.74 Å². The first-order valence-electron chi connectivity index (χ1n) is 7.29. The third-order valence-corrected chi connectivity index (χ3v) is 4.63. The van der Waals surface area contributed by atoms with Gasteiger partial charge in [-0.25, -0.2) is 0 Å². The largest absolute Gasteiger partial charge is 0.484 e. The summed E-state index contributed by atoms with van der Waals surface area (Å²) in [6, 6.07) is 5.03. The van der Waals surface area contributed by atoms with E-state index in [9.17, 15) is 9.90 Å². The number of amides is 1. The quantitative estimate of drug-likeness (QED) is 0.899. The SMILES string of the molecule is CO[C@@H]1CC[C@@H](N(C)C(=O)COc2ccc(Cl)c(C)c2)[C@H]1O. The molecule has 122 valence electrons. The maximum atomic E-state index is 12.2. The highest BCUT2D eigenvalue weighted by Crippen LogP contribution is 2.26. The highest BCUT2D eigenvalue weighted by molar-refractivity contribution is 6.31. The Labute approximate surface area is 135 Å². The van der Waals surface area contributed by atoms with Gasteiger partial charge in [-0.3, -0.25) is 4.79 Å². The topological polar surface area (TPSA) is 59.0 Å². The second-order valence-electron chi connectivity index (χ2n) is 5.61. The fraction of sp³-hybridized carbons (Fsp3) is 0.562. The van der Waals surface area contributed by atoms with Gasteiger partial charge in [0.25, 0.3) is 5.91 Å². The Morgan fingerprint density at radius 2 is 2.18 bits per heavy atom. The number of aryl methyl sites for hydroxylation is 1. The number of benzene rings is 1. The van der Waals surface area contributed by atoms with E-state index in [0.717, 1.165) is 18.4 Å². The highest BCUT2D eigenvalue weighted by atomic mass is 35.5. The number of likely N-dealkylation sites (N-methyl/N-ethyl adjacent to an activating group) is 1. The minimum atomic E-state index is -0.656. The first kappa shape index (κ1) is 17.1. The molecule has 1 aromatic carbocycles. The first-order chi connectivity index (χ1) is 10.4. The van der Waals surface area contributed by atoms with E-state index in [1.165, 1.54) is 0 Å². The summed E-state index contributed by atoms with van der Waals surface area (Å²) in [7, 11) is 3.26. The average molecular weight is 328 g/mol. The number of aliphatic hydroxyl groups excluding tert-OH is 1. The van der Waals surface area contributed by atoms with Crippen LogP contribution in [-0.2, 0) is 9.53 Å². The molecule has 6 heteroatoms. The van der Waals surface area contributed by atoms with E-state index in [1.807, 2.05) is 6.92 Å². The molecule has 0 radical (unpaired) electrons. The Bertz CT molecular complexity index is 537. The van der Waals surface area contributed by atoms with Crippen LogP contribution in [0.1, 0.15) is 18.4 Å². The number of nitrogens with zero attached hydrogens (tertiary/aromatic N) is 1. The van der Waals surface area contributed by atoms with Gasteiger partial charge in [-0.1, -0.05) is 11.6 Å². The van der Waals surface area contributed by atoms with Crippen molar-refractivity contribution in [3.63, 3.8) is 0 Å². The van der Waals surface area contributed by atoms with E-state index in [2.05, 4.69) is 0 Å². The molecule has 1 saturated carbocycles. The van der Waals surface area contributed by atoms with Crippen LogP contribution in [0.4, 0.5) is 0 Å². The molecule has 1 fully saturated rings. The van der Waals surface area contributed by atoms with Crippen LogP contribution >= 0.6 is 11.6 Å². The Morgan fingerprint density at radius 3 is 2.77 bits per heavy atom. The van der Waals surface area contributed by atoms with Gasteiger partial charge in [0.1, 0.15) is 11.9 Å². The summed E-state index contributed by atoms with van der Waals surface area (Å²) in [6.07, 6.45) is 0.607. The van der Waals surface area contributed by atoms with Gasteiger partial charge in [0.15, 0.2) is 6.61 Å². The van der Waals surface area contributed by atoms with Gasteiger partial charge in [-0.05, 0) is 43.5 Å². The molecule has 0 bridgehead atoms. The maximum Gasteiger partial charge on any atom is 0.260 e. The summed E-state index contributed by atoms with van der Waals surface area (Å²) in [6.45, 7) is 1.81. The predicted octanol–water partition coefficient (Wildman–Crippen LogP) is 2.02. The van der Waals surface area contributed by atoms with Crippen molar-refractivity contribution in [1.82, 2.24) is 4.90 Å². The molecule has 0 heterocycles. The zero-order chi connectivity index (χ0) is 16.3. The number of halogens is 1. The fourth-order valence-electron chi connectivity index (χ4n) is 2.74. The van der Waals surface area contributed by atoms with Gasteiger partial charge in [0.2, 0.25) is 0 Å². The first-order valence-corrected chi connectivity index (χ1v) is 7.67. The summed E-state index contributed by atoms with van der Waals surface area (Å²) in [5.74, 6) is 0.429. The Balaban J connectivity index is 1.90. The van der Waals surface area contributed by atoms with Crippen LogP contribution in [0.3, 0.4) is 0 Å². The van der Waals surface area contributed by atoms with E-state index in [-0.39, 0.29) is 24.7 Å². The van der Waals surface area contributed by atoms with Crippen molar-refractivity contribution in [2.24, 2.45) is 0 Å². The summed E-state index contributed by atoms with van der Waals surface area (Å²) in [5, 5.41) is 10.8. The molecular formula is C16H22ClNO4. The molecule has 1 amide bonds. The molecule has 3 atom stereocenters. The molecule has 0 unspecified atom stereocenters. The van der Waals surface area contributed by atoms with E-state index in [4.69, 9.17) is 21.1 Å². The van der Waals surface area contributed by atoms with Crippen LogP contribution in [0.15, 0.2) is 18.2 Å². The Kier molecular flexibility index (Phi) is 5.67. The molecule has 0 aromatic heterocycles. The van der Waals surface area contributed by atoms with Gasteiger partial charge in [-0.2, -0.15) is 0 Å². The fourth-order valence-corrected chi connectivity index (χ4v) is 2.86. The van der Waals surface area contributed by atoms with Crippen LogP contribution in [0.5, 0.6) is 5.75 Å². The molecule has 1 N–H and O–H groups in total. The molecule has 5 nitrogen and oxygen atoms in total. The smallest absolute Gasteiger partial charge is 0.260 e. The molecule has 0 saturated heterocycles. The van der Waals surface area contributed by atoms with E-state index in [1.54, 1.807) is 37.3 Å². The number of carbonyl (C=O) groups excluding carboxylic acids is 1. The van der Waals surface area contributed by atoms with Crippen LogP contribution in [0, 0.1) is 6.92 Å². The molecular weight excluding hydrogens is 306 g/mol. The zero-order valence-electron chi connectivity index (χ0n) is 13.1. The average Bonchev–Trinajstić information content (AvgIpc) is 2.88. The Hall–Kier alpha value is -1.30. The van der Waals surface area contributed by atoms with Gasteiger partial charge in [0.05, 0.1) is 12.1 Å². The summed E-state index contributed by atoms with van der Waals surface area (Å²) < 4.78 is 10.7. The standard InChI is InChI=1S/C16H22ClNO4/c1-10-8-11(4-5-12(10)17)22-9-15(19)18(2)13-6-7-14(21-3)16(13)20/h4-5,8,13-14,16,20H,6-7,9H2,1-3H3/t13-,14-,16-/m1/s1. The molecule has 0 spiro atoms. The third kappa shape index (κ3) is 3.72. The minimum absolute atomic E-state index is 0.0710. The second-order valence-corrected chi connectivity index (χ2v) is 6.02. The number of hydrogen-bond acceptors (Lipinski definition) is 4. The lowest BCUT2D eigenvalue weighted by atomic mass is 10.2. The van der Waals surface area contributed by atoms with Crippen LogP contribution in [0.25, 0.3) is 0 Å². The van der Waals surface area contributed by atoms with Crippen molar-refractivity contribution in [2.75, 3.05) is 20.8 Å². The van der Waals surface area contributed by atoms with Crippen LogP contribution in [0.2, 0.25) is 5.02 Å². The molecule has 1 aliphatic rings. The lowest BCUT2D eigenvalue weighted by Gasteiger charge is -2.28. The normalized spacial score (nSPS) is 24.3. The summed E-state index contributed by atoms with van der Waals surface area (Å²) >= 11 is 5.95. The number of rotatable bonds is 5. The lowest BCUT2D eigenvalue weighted by molar-refractivity contribution is -0.136. The molecule has 1 aliphatic carbocycles. The predicted molar refractivity (Wildman–Crippen MR) is 84.3 cm³/mol. The van der Waals surface area contributed by atoms with E-state index < -0.39 is 6.10 Å². The van der Waals surface area contributed by atoms with Crippen LogP contribution in [-0.4, -0.2) is 54.9 Å². The van der Waals surface area contributed by atoms with E-state index >= 15 is 0 Å². The highest BCUT2D eigenvalue weighted by Gasteiger charge is 2.38. The molecule has 0 aliphatic heterocycles. The number of methoxy groups -OCH3 is 1. The third-order valence-electron chi connectivity index (χ3n) is 4.21. The summed E-state index contributed by atoms with van der Waals surface area (Å²) in [4.78, 5) is 13.8. The molecule has 2 rings (SSSR count). The van der Waals surface area contributed by atoms with Gasteiger partial charge in [0, 0.05) is 19.2 Å². The van der Waals surface area contributed by atoms with Crippen molar-refractivity contribution in [1.29, 1.82) is 0 Å². The monoisotopic (exact) mass is 327 g/mol. The van der Waals surface area contributed by atoms with Crippen molar-refractivity contribution in [3.05, 3.63) is 28.8 Å². The Morgan fingerprint density at radius 1 is 1.45 bits per heavy atom. The van der Waals surface area contributed by atoms with Gasteiger partial charge >= 0.3 is 0 Å². The van der Waals surface area contributed by atoms with Gasteiger partial charge < -0.3 is 19.5 Å². The number of hydrogen-bond donors (Lipinski definition) is 1. The molecule has 1 aromatic rings. The van der Waals surface area contributed by atoms with E-state index in [0.29, 0.717) is 10.8 Å². The van der Waals surface area contributed by atoms with Gasteiger partial charge in [-0.15, -0.1) is 0 Å². The summed E-state index contributed by atoms with van der Waals surface area (Å²) in [5.41, 5.74) is 0.897. The van der Waals surface area contributed by atoms with Crippen molar-refractivity contribution in [2.45, 2.75) is 38.0 Å². The van der Waals surface area contributed by atoms with Crippen molar-refractivity contribution >= 4 is 17.5 Å². The number of carbonyl (C=O) groups is 1. The second kappa shape index (κ2) is 7.31. The number of aliphatic hydroxyl groups is 1. The maximum absolute atomic E-state index is 12.2. The number of ether oxygens (including phenoxy) is 2. The molecule has 22 heavy (non-hydrogen) atoms. The lowest BCUT2D eigenvalue weighted by Crippen LogP contribution is -2.46. The van der Waals surface area contributed by atoms with Crippen molar-refractivity contribution in [3.8, 4) is 5.75 Å².